The number of nitrogens with one attached hydrogen (secondary N) is 1. The number of anilines is 1. The molecule has 0 heterocycles. The van der Waals surface area contributed by atoms with Gasteiger partial charge in [0, 0.05) is 0 Å². The Kier molecular flexibility index (Phi) is 4.15. The molecule has 1 N–H and O–H groups in total. The second kappa shape index (κ2) is 5.38. The summed E-state index contributed by atoms with van der Waals surface area (Å²) in [4.78, 5) is 0. The normalized spacial score (nSPS) is 8.67. The maximum Gasteiger partial charge on any atom is 0.161 e. The molecule has 1 rings (SSSR count). The molecule has 0 atom stereocenters. The quantitative estimate of drug-likeness (QED) is 0.836. The fourth-order valence-electron chi connectivity index (χ4n) is 1.00. The minimum atomic E-state index is -0.466. The van der Waals surface area contributed by atoms with Gasteiger partial charge in [-0.1, -0.05) is 5.92 Å². The molecular weight excluding hydrogens is 259 g/mol. The Morgan fingerprint density at radius 1 is 1.53 bits per heavy atom. The molecule has 0 aliphatic rings. The van der Waals surface area contributed by atoms with Gasteiger partial charge in [-0.3, -0.25) is 0 Å². The van der Waals surface area contributed by atoms with Gasteiger partial charge in [-0.15, -0.1) is 5.92 Å². The fraction of sp³-hybridized carbons (Fsp3) is 0.182. The molecule has 0 amide bonds. The molecule has 0 radical (unpaired) electrons. The van der Waals surface area contributed by atoms with Gasteiger partial charge in [0.05, 0.1) is 22.3 Å². The smallest absolute Gasteiger partial charge is 0.161 e. The maximum absolute atomic E-state index is 13.6. The van der Waals surface area contributed by atoms with Gasteiger partial charge in [0.25, 0.3) is 0 Å². The van der Waals surface area contributed by atoms with E-state index in [1.165, 1.54) is 6.07 Å². The van der Waals surface area contributed by atoms with E-state index in [4.69, 9.17) is 5.26 Å². The summed E-state index contributed by atoms with van der Waals surface area (Å²) >= 11 is 3.03. The minimum absolute atomic E-state index is 0.180. The second-order valence-electron chi connectivity index (χ2n) is 2.68. The van der Waals surface area contributed by atoms with Gasteiger partial charge in [0.15, 0.2) is 5.82 Å². The summed E-state index contributed by atoms with van der Waals surface area (Å²) in [5.41, 5.74) is 0.614. The third-order valence-electron chi connectivity index (χ3n) is 1.75. The van der Waals surface area contributed by atoms with Crippen molar-refractivity contribution < 1.29 is 4.39 Å². The molecule has 0 aliphatic carbocycles. The van der Waals surface area contributed by atoms with Crippen LogP contribution in [0.5, 0.6) is 0 Å². The van der Waals surface area contributed by atoms with E-state index >= 15 is 0 Å². The Bertz CT molecular complexity index is 466. The van der Waals surface area contributed by atoms with Gasteiger partial charge in [-0.25, -0.2) is 4.39 Å². The lowest BCUT2D eigenvalue weighted by atomic mass is 10.2. The summed E-state index contributed by atoms with van der Waals surface area (Å²) in [5.74, 6) is 4.99. The van der Waals surface area contributed by atoms with Gasteiger partial charge in [-0.2, -0.15) is 5.26 Å². The number of halogens is 2. The van der Waals surface area contributed by atoms with E-state index < -0.39 is 5.82 Å². The average Bonchev–Trinajstić information content (AvgIpc) is 2.25. The Morgan fingerprint density at radius 3 is 2.87 bits per heavy atom. The second-order valence-corrected chi connectivity index (χ2v) is 3.47. The summed E-state index contributed by atoms with van der Waals surface area (Å²) < 4.78 is 13.7. The number of benzene rings is 1. The molecule has 76 valence electrons. The third-order valence-corrected chi connectivity index (χ3v) is 2.52. The number of nitriles is 1. The highest BCUT2D eigenvalue weighted by Crippen LogP contribution is 2.26. The molecule has 0 fully saturated rings. The third kappa shape index (κ3) is 2.71. The molecule has 0 aromatic heterocycles. The van der Waals surface area contributed by atoms with Crippen molar-refractivity contribution in [2.24, 2.45) is 0 Å². The molecule has 2 nitrogen and oxygen atoms in total. The molecule has 0 spiro atoms. The Balaban J connectivity index is 2.96. The van der Waals surface area contributed by atoms with Crippen molar-refractivity contribution in [3.63, 3.8) is 0 Å². The predicted octanol–water partition coefficient (Wildman–Crippen LogP) is 2.90. The molecule has 1 aromatic carbocycles. The molecular formula is C11H8BrFN2. The lowest BCUT2D eigenvalue weighted by Crippen LogP contribution is -2.02. The topological polar surface area (TPSA) is 35.8 Å². The lowest BCUT2D eigenvalue weighted by molar-refractivity contribution is 0.623. The molecule has 1 aromatic rings. The van der Waals surface area contributed by atoms with Crippen LogP contribution in [0.25, 0.3) is 0 Å². The standard InChI is InChI=1S/C11H8BrFN2/c1-2-3-6-15-9-5-4-8(7-14)10(12)11(9)13/h4-5,15H,6H2,1H3. The van der Waals surface area contributed by atoms with E-state index in [0.29, 0.717) is 12.2 Å². The molecule has 0 bridgehead atoms. The summed E-state index contributed by atoms with van der Waals surface area (Å²) in [5, 5.41) is 11.5. The maximum atomic E-state index is 13.6. The Morgan fingerprint density at radius 2 is 2.27 bits per heavy atom. The summed E-state index contributed by atoms with van der Waals surface area (Å²) in [7, 11) is 0. The van der Waals surface area contributed by atoms with Crippen molar-refractivity contribution in [2.45, 2.75) is 6.92 Å². The minimum Gasteiger partial charge on any atom is -0.372 e. The first-order valence-electron chi connectivity index (χ1n) is 4.22. The lowest BCUT2D eigenvalue weighted by Gasteiger charge is -2.06. The monoisotopic (exact) mass is 266 g/mol. The van der Waals surface area contributed by atoms with E-state index in [1.54, 1.807) is 13.0 Å². The first kappa shape index (κ1) is 11.6. The SMILES string of the molecule is CC#CCNc1ccc(C#N)c(Br)c1F. The predicted molar refractivity (Wildman–Crippen MR) is 60.8 cm³/mol. The highest BCUT2D eigenvalue weighted by molar-refractivity contribution is 9.10. The zero-order valence-corrected chi connectivity index (χ0v) is 9.65. The van der Waals surface area contributed by atoms with E-state index in [0.717, 1.165) is 0 Å². The van der Waals surface area contributed by atoms with Crippen molar-refractivity contribution in [2.75, 3.05) is 11.9 Å². The van der Waals surface area contributed by atoms with Crippen LogP contribution in [0.2, 0.25) is 0 Å². The van der Waals surface area contributed by atoms with Crippen LogP contribution in [0.3, 0.4) is 0 Å². The molecule has 0 saturated carbocycles. The molecule has 0 unspecified atom stereocenters. The van der Waals surface area contributed by atoms with Crippen molar-refractivity contribution in [3.8, 4) is 17.9 Å². The summed E-state index contributed by atoms with van der Waals surface area (Å²) in [6.45, 7) is 2.10. The van der Waals surface area contributed by atoms with Crippen LogP contribution in [0.15, 0.2) is 16.6 Å². The van der Waals surface area contributed by atoms with Gasteiger partial charge >= 0.3 is 0 Å². The van der Waals surface area contributed by atoms with Gasteiger partial charge in [0.2, 0.25) is 0 Å². The summed E-state index contributed by atoms with van der Waals surface area (Å²) in [6.07, 6.45) is 0. The van der Waals surface area contributed by atoms with E-state index in [9.17, 15) is 4.39 Å². The van der Waals surface area contributed by atoms with Gasteiger partial charge in [-0.05, 0) is 35.0 Å². The number of nitrogens with zero attached hydrogens (tertiary/aromatic N) is 1. The van der Waals surface area contributed by atoms with Crippen LogP contribution in [0, 0.1) is 29.0 Å². The van der Waals surface area contributed by atoms with Crippen LogP contribution < -0.4 is 5.32 Å². The van der Waals surface area contributed by atoms with E-state index in [-0.39, 0.29) is 10.0 Å². The fourth-order valence-corrected chi connectivity index (χ4v) is 1.43. The largest absolute Gasteiger partial charge is 0.372 e. The molecule has 15 heavy (non-hydrogen) atoms. The molecule has 4 heteroatoms. The average molecular weight is 267 g/mol. The zero-order chi connectivity index (χ0) is 11.3. The Hall–Kier alpha value is -1.52. The van der Waals surface area contributed by atoms with E-state index in [2.05, 4.69) is 33.1 Å². The van der Waals surface area contributed by atoms with Crippen molar-refractivity contribution in [1.29, 1.82) is 5.26 Å². The van der Waals surface area contributed by atoms with Crippen LogP contribution in [0.4, 0.5) is 10.1 Å². The van der Waals surface area contributed by atoms with Crippen LogP contribution >= 0.6 is 15.9 Å². The zero-order valence-electron chi connectivity index (χ0n) is 8.06. The van der Waals surface area contributed by atoms with Crippen molar-refractivity contribution in [1.82, 2.24) is 0 Å². The number of hydrogen-bond acceptors (Lipinski definition) is 2. The van der Waals surface area contributed by atoms with Crippen LogP contribution in [-0.2, 0) is 0 Å². The van der Waals surface area contributed by atoms with E-state index in [1.807, 2.05) is 6.07 Å². The number of hydrogen-bond donors (Lipinski definition) is 1. The first-order valence-corrected chi connectivity index (χ1v) is 5.01. The van der Waals surface area contributed by atoms with Gasteiger partial charge < -0.3 is 5.32 Å². The summed E-state index contributed by atoms with van der Waals surface area (Å²) in [6, 6.07) is 4.96. The molecule has 0 saturated heterocycles. The van der Waals surface area contributed by atoms with Crippen LogP contribution in [-0.4, -0.2) is 6.54 Å². The molecule has 0 aliphatic heterocycles. The van der Waals surface area contributed by atoms with Crippen LogP contribution in [0.1, 0.15) is 12.5 Å². The Labute approximate surface area is 96.2 Å². The number of rotatable bonds is 2. The van der Waals surface area contributed by atoms with Crippen molar-refractivity contribution >= 4 is 21.6 Å². The highest BCUT2D eigenvalue weighted by Gasteiger charge is 2.09. The first-order chi connectivity index (χ1) is 7.20. The van der Waals surface area contributed by atoms with Gasteiger partial charge in [0.1, 0.15) is 6.07 Å². The van der Waals surface area contributed by atoms with Crippen molar-refractivity contribution in [3.05, 3.63) is 28.0 Å². The highest BCUT2D eigenvalue weighted by atomic mass is 79.9.